The fourth-order valence-electron chi connectivity index (χ4n) is 2.42. The molecular formula is C14H25NO4. The molecule has 0 bridgehead atoms. The average Bonchev–Trinajstić information content (AvgIpc) is 2.24. The van der Waals surface area contributed by atoms with Gasteiger partial charge in [-0.25, -0.2) is 4.79 Å². The van der Waals surface area contributed by atoms with Crippen molar-refractivity contribution in [3.63, 3.8) is 0 Å². The number of hydrogen-bond donors (Lipinski definition) is 1. The van der Waals surface area contributed by atoms with Crippen LogP contribution in [0.15, 0.2) is 0 Å². The zero-order chi connectivity index (χ0) is 14.6. The zero-order valence-corrected chi connectivity index (χ0v) is 12.3. The molecule has 1 aliphatic rings. The van der Waals surface area contributed by atoms with E-state index in [1.807, 2.05) is 20.8 Å². The number of carbonyl (C=O) groups is 2. The van der Waals surface area contributed by atoms with Crippen LogP contribution in [0.2, 0.25) is 0 Å². The van der Waals surface area contributed by atoms with Crippen molar-refractivity contribution in [2.45, 2.75) is 52.6 Å². The number of carboxylic acid groups (broad SMARTS) is 1. The van der Waals surface area contributed by atoms with Crippen LogP contribution >= 0.6 is 0 Å². The third-order valence-electron chi connectivity index (χ3n) is 3.46. The van der Waals surface area contributed by atoms with E-state index in [4.69, 9.17) is 9.84 Å². The van der Waals surface area contributed by atoms with Crippen LogP contribution in [0, 0.1) is 11.8 Å². The Kier molecular flexibility index (Phi) is 5.20. The summed E-state index contributed by atoms with van der Waals surface area (Å²) >= 11 is 0. The number of piperidine rings is 1. The van der Waals surface area contributed by atoms with Crippen molar-refractivity contribution in [1.82, 2.24) is 4.90 Å². The van der Waals surface area contributed by atoms with Gasteiger partial charge in [-0.15, -0.1) is 0 Å². The molecule has 0 aliphatic carbocycles. The second kappa shape index (κ2) is 6.26. The summed E-state index contributed by atoms with van der Waals surface area (Å²) in [6, 6.07) is 0. The number of nitrogens with zero attached hydrogens (tertiary/aromatic N) is 1. The molecule has 1 heterocycles. The van der Waals surface area contributed by atoms with E-state index in [1.54, 1.807) is 4.90 Å². The van der Waals surface area contributed by atoms with E-state index < -0.39 is 11.6 Å². The lowest BCUT2D eigenvalue weighted by Gasteiger charge is -2.37. The summed E-state index contributed by atoms with van der Waals surface area (Å²) in [5, 5.41) is 8.71. The Bertz CT molecular complexity index is 335. The van der Waals surface area contributed by atoms with Crippen LogP contribution in [0.1, 0.15) is 47.0 Å². The van der Waals surface area contributed by atoms with E-state index in [-0.39, 0.29) is 12.5 Å². The largest absolute Gasteiger partial charge is 0.481 e. The number of rotatable bonds is 3. The van der Waals surface area contributed by atoms with Gasteiger partial charge in [-0.2, -0.15) is 0 Å². The maximum absolute atomic E-state index is 11.9. The number of carboxylic acids is 1. The van der Waals surface area contributed by atoms with Gasteiger partial charge in [0.05, 0.1) is 0 Å². The molecule has 1 saturated heterocycles. The maximum atomic E-state index is 11.9. The summed E-state index contributed by atoms with van der Waals surface area (Å²) in [6.07, 6.45) is 1.49. The first-order chi connectivity index (χ1) is 8.69. The first-order valence-electron chi connectivity index (χ1n) is 6.89. The molecule has 2 unspecified atom stereocenters. The minimum atomic E-state index is -0.748. The molecule has 19 heavy (non-hydrogen) atoms. The fourth-order valence-corrected chi connectivity index (χ4v) is 2.42. The zero-order valence-electron chi connectivity index (χ0n) is 12.3. The molecule has 0 aromatic carbocycles. The van der Waals surface area contributed by atoms with Gasteiger partial charge in [-0.1, -0.05) is 6.92 Å². The van der Waals surface area contributed by atoms with Gasteiger partial charge in [-0.05, 0) is 45.4 Å². The molecule has 0 aromatic rings. The summed E-state index contributed by atoms with van der Waals surface area (Å²) < 4.78 is 5.35. The summed E-state index contributed by atoms with van der Waals surface area (Å²) in [5.41, 5.74) is -0.472. The predicted octanol–water partition coefficient (Wildman–Crippen LogP) is 2.74. The van der Waals surface area contributed by atoms with Crippen LogP contribution in [0.3, 0.4) is 0 Å². The SMILES string of the molecule is CC1CN(C(=O)OC(C)(C)C)CCC1CCC(=O)O. The normalized spacial score (nSPS) is 24.1. The molecule has 0 spiro atoms. The number of aliphatic carboxylic acids is 1. The monoisotopic (exact) mass is 271 g/mol. The summed E-state index contributed by atoms with van der Waals surface area (Å²) in [6.45, 7) is 8.95. The molecule has 5 heteroatoms. The Morgan fingerprint density at radius 1 is 1.37 bits per heavy atom. The van der Waals surface area contributed by atoms with Gasteiger partial charge in [0.1, 0.15) is 5.60 Å². The molecular weight excluding hydrogens is 246 g/mol. The lowest BCUT2D eigenvalue weighted by molar-refractivity contribution is -0.137. The second-order valence-corrected chi connectivity index (χ2v) is 6.38. The van der Waals surface area contributed by atoms with Crippen molar-refractivity contribution in [1.29, 1.82) is 0 Å². The highest BCUT2D eigenvalue weighted by Crippen LogP contribution is 2.28. The Morgan fingerprint density at radius 2 is 2.00 bits per heavy atom. The third-order valence-corrected chi connectivity index (χ3v) is 3.46. The molecule has 5 nitrogen and oxygen atoms in total. The molecule has 2 atom stereocenters. The highest BCUT2D eigenvalue weighted by molar-refractivity contribution is 5.68. The average molecular weight is 271 g/mol. The number of carbonyl (C=O) groups excluding carboxylic acids is 1. The lowest BCUT2D eigenvalue weighted by atomic mass is 9.84. The predicted molar refractivity (Wildman–Crippen MR) is 71.9 cm³/mol. The molecule has 1 amide bonds. The van der Waals surface area contributed by atoms with E-state index >= 15 is 0 Å². The van der Waals surface area contributed by atoms with E-state index in [9.17, 15) is 9.59 Å². The standard InChI is InChI=1S/C14H25NO4/c1-10-9-15(13(18)19-14(2,3)4)8-7-11(10)5-6-12(16)17/h10-11H,5-9H2,1-4H3,(H,16,17). The molecule has 0 saturated carbocycles. The van der Waals surface area contributed by atoms with Crippen LogP contribution in [0.5, 0.6) is 0 Å². The van der Waals surface area contributed by atoms with Gasteiger partial charge in [0, 0.05) is 19.5 Å². The van der Waals surface area contributed by atoms with Crippen LogP contribution in [-0.4, -0.2) is 40.8 Å². The number of likely N-dealkylation sites (tertiary alicyclic amines) is 1. The van der Waals surface area contributed by atoms with Crippen molar-refractivity contribution >= 4 is 12.1 Å². The van der Waals surface area contributed by atoms with Gasteiger partial charge in [0.2, 0.25) is 0 Å². The molecule has 110 valence electrons. The van der Waals surface area contributed by atoms with Crippen molar-refractivity contribution in [3.05, 3.63) is 0 Å². The van der Waals surface area contributed by atoms with Gasteiger partial charge < -0.3 is 14.7 Å². The minimum Gasteiger partial charge on any atom is -0.481 e. The van der Waals surface area contributed by atoms with Crippen molar-refractivity contribution in [2.75, 3.05) is 13.1 Å². The molecule has 0 radical (unpaired) electrons. The van der Waals surface area contributed by atoms with Gasteiger partial charge in [0.15, 0.2) is 0 Å². The van der Waals surface area contributed by atoms with Crippen LogP contribution < -0.4 is 0 Å². The van der Waals surface area contributed by atoms with Gasteiger partial charge in [-0.3, -0.25) is 4.79 Å². The van der Waals surface area contributed by atoms with Crippen LogP contribution in [0.4, 0.5) is 4.79 Å². The van der Waals surface area contributed by atoms with Crippen molar-refractivity contribution in [2.24, 2.45) is 11.8 Å². The Hall–Kier alpha value is -1.26. The summed E-state index contributed by atoms with van der Waals surface area (Å²) in [7, 11) is 0. The van der Waals surface area contributed by atoms with Crippen LogP contribution in [-0.2, 0) is 9.53 Å². The molecule has 1 rings (SSSR count). The molecule has 1 N–H and O–H groups in total. The highest BCUT2D eigenvalue weighted by atomic mass is 16.6. The minimum absolute atomic E-state index is 0.210. The number of amides is 1. The fraction of sp³-hybridized carbons (Fsp3) is 0.857. The first-order valence-corrected chi connectivity index (χ1v) is 6.89. The topological polar surface area (TPSA) is 66.8 Å². The van der Waals surface area contributed by atoms with Gasteiger partial charge in [0.25, 0.3) is 0 Å². The number of hydrogen-bond acceptors (Lipinski definition) is 3. The Balaban J connectivity index is 2.44. The third kappa shape index (κ3) is 5.49. The Labute approximate surface area is 114 Å². The summed E-state index contributed by atoms with van der Waals surface area (Å²) in [5.74, 6) is -0.0443. The Morgan fingerprint density at radius 3 is 2.47 bits per heavy atom. The van der Waals surface area contributed by atoms with Crippen molar-refractivity contribution in [3.8, 4) is 0 Å². The summed E-state index contributed by atoms with van der Waals surface area (Å²) in [4.78, 5) is 24.3. The van der Waals surface area contributed by atoms with Crippen LogP contribution in [0.25, 0.3) is 0 Å². The molecule has 0 aromatic heterocycles. The lowest BCUT2D eigenvalue weighted by Crippen LogP contribution is -2.45. The van der Waals surface area contributed by atoms with Gasteiger partial charge >= 0.3 is 12.1 Å². The smallest absolute Gasteiger partial charge is 0.410 e. The molecule has 1 aliphatic heterocycles. The first kappa shape index (κ1) is 15.8. The number of ether oxygens (including phenoxy) is 1. The van der Waals surface area contributed by atoms with E-state index in [0.29, 0.717) is 31.3 Å². The second-order valence-electron chi connectivity index (χ2n) is 6.38. The molecule has 1 fully saturated rings. The quantitative estimate of drug-likeness (QED) is 0.857. The maximum Gasteiger partial charge on any atom is 0.410 e. The van der Waals surface area contributed by atoms with E-state index in [0.717, 1.165) is 6.42 Å². The highest BCUT2D eigenvalue weighted by Gasteiger charge is 2.31. The van der Waals surface area contributed by atoms with Crippen molar-refractivity contribution < 1.29 is 19.4 Å². The van der Waals surface area contributed by atoms with E-state index in [2.05, 4.69) is 6.92 Å². The van der Waals surface area contributed by atoms with E-state index in [1.165, 1.54) is 0 Å².